The van der Waals surface area contributed by atoms with Crippen molar-refractivity contribution in [3.8, 4) is 0 Å². The SMILES string of the molecule is Cc1cc2nnc(S[C@H](C)C(=O)Nc3ccccc3[N+](=O)[O-])n2c2ccccc12. The van der Waals surface area contributed by atoms with Gasteiger partial charge in [-0.1, -0.05) is 42.1 Å². The van der Waals surface area contributed by atoms with Crippen LogP contribution in [-0.2, 0) is 4.79 Å². The molecule has 8 nitrogen and oxygen atoms in total. The third-order valence-corrected chi connectivity index (χ3v) is 5.63. The molecule has 146 valence electrons. The maximum Gasteiger partial charge on any atom is 0.292 e. The number of hydrogen-bond donors (Lipinski definition) is 1. The van der Waals surface area contributed by atoms with Crippen LogP contribution in [0, 0.1) is 17.0 Å². The number of para-hydroxylation sites is 3. The molecule has 4 aromatic rings. The topological polar surface area (TPSA) is 102 Å². The fourth-order valence-electron chi connectivity index (χ4n) is 3.14. The van der Waals surface area contributed by atoms with Crippen molar-refractivity contribution < 1.29 is 9.72 Å². The second-order valence-corrected chi connectivity index (χ2v) is 7.85. The van der Waals surface area contributed by atoms with Gasteiger partial charge < -0.3 is 5.32 Å². The summed E-state index contributed by atoms with van der Waals surface area (Å²) < 4.78 is 1.92. The van der Waals surface area contributed by atoms with Crippen molar-refractivity contribution in [3.63, 3.8) is 0 Å². The van der Waals surface area contributed by atoms with Crippen LogP contribution in [0.2, 0.25) is 0 Å². The van der Waals surface area contributed by atoms with Crippen molar-refractivity contribution in [2.45, 2.75) is 24.3 Å². The maximum atomic E-state index is 12.7. The van der Waals surface area contributed by atoms with E-state index in [9.17, 15) is 14.9 Å². The summed E-state index contributed by atoms with van der Waals surface area (Å²) in [6, 6.07) is 16.0. The number of rotatable bonds is 5. The first-order chi connectivity index (χ1) is 14.0. The van der Waals surface area contributed by atoms with Crippen molar-refractivity contribution in [3.05, 3.63) is 70.3 Å². The molecule has 1 amide bonds. The molecule has 0 saturated carbocycles. The first-order valence-electron chi connectivity index (χ1n) is 8.90. The van der Waals surface area contributed by atoms with Crippen LogP contribution < -0.4 is 5.32 Å². The summed E-state index contributed by atoms with van der Waals surface area (Å²) in [6.07, 6.45) is 0. The number of benzene rings is 2. The highest BCUT2D eigenvalue weighted by atomic mass is 32.2. The first kappa shape index (κ1) is 18.9. The number of anilines is 1. The molecular formula is C20H17N5O3S. The molecule has 4 rings (SSSR count). The van der Waals surface area contributed by atoms with E-state index in [1.54, 1.807) is 19.1 Å². The molecule has 2 heterocycles. The largest absolute Gasteiger partial charge is 0.319 e. The van der Waals surface area contributed by atoms with E-state index in [4.69, 9.17) is 0 Å². The van der Waals surface area contributed by atoms with Crippen LogP contribution in [0.4, 0.5) is 11.4 Å². The number of amides is 1. The Labute approximate surface area is 170 Å². The third-order valence-electron chi connectivity index (χ3n) is 4.58. The first-order valence-corrected chi connectivity index (χ1v) is 9.78. The van der Waals surface area contributed by atoms with E-state index in [-0.39, 0.29) is 17.3 Å². The lowest BCUT2D eigenvalue weighted by Gasteiger charge is -2.12. The Kier molecular flexibility index (Phi) is 4.89. The van der Waals surface area contributed by atoms with Crippen LogP contribution in [-0.4, -0.2) is 30.7 Å². The number of nitrogens with one attached hydrogen (secondary N) is 1. The normalized spacial score (nSPS) is 12.2. The Balaban J connectivity index is 1.63. The number of carbonyl (C=O) groups is 1. The van der Waals surface area contributed by atoms with Crippen LogP contribution in [0.5, 0.6) is 0 Å². The van der Waals surface area contributed by atoms with E-state index in [0.717, 1.165) is 16.5 Å². The number of fused-ring (bicyclic) bond motifs is 3. The highest BCUT2D eigenvalue weighted by molar-refractivity contribution is 8.00. The average molecular weight is 407 g/mol. The molecule has 1 atom stereocenters. The fraction of sp³-hybridized carbons (Fsp3) is 0.150. The van der Waals surface area contributed by atoms with Crippen molar-refractivity contribution in [1.29, 1.82) is 0 Å². The zero-order chi connectivity index (χ0) is 20.5. The van der Waals surface area contributed by atoms with Crippen LogP contribution >= 0.6 is 11.8 Å². The molecule has 0 unspecified atom stereocenters. The van der Waals surface area contributed by atoms with Crippen LogP contribution in [0.1, 0.15) is 12.5 Å². The Hall–Kier alpha value is -3.46. The molecule has 9 heteroatoms. The van der Waals surface area contributed by atoms with Gasteiger partial charge in [0.05, 0.1) is 15.7 Å². The molecule has 0 saturated heterocycles. The van der Waals surface area contributed by atoms with E-state index in [0.29, 0.717) is 10.8 Å². The zero-order valence-electron chi connectivity index (χ0n) is 15.7. The summed E-state index contributed by atoms with van der Waals surface area (Å²) in [4.78, 5) is 23.3. The molecule has 0 bridgehead atoms. The summed E-state index contributed by atoms with van der Waals surface area (Å²) in [5.74, 6) is -0.350. The van der Waals surface area contributed by atoms with Crippen molar-refractivity contribution in [2.75, 3.05) is 5.32 Å². The molecule has 0 aliphatic heterocycles. The maximum absolute atomic E-state index is 12.7. The van der Waals surface area contributed by atoms with E-state index < -0.39 is 10.2 Å². The number of hydrogen-bond acceptors (Lipinski definition) is 6. The number of thioether (sulfide) groups is 1. The number of aryl methyl sites for hydroxylation is 1. The van der Waals surface area contributed by atoms with Gasteiger partial charge in [-0.2, -0.15) is 0 Å². The van der Waals surface area contributed by atoms with Gasteiger partial charge in [-0.25, -0.2) is 0 Å². The van der Waals surface area contributed by atoms with Crippen LogP contribution in [0.3, 0.4) is 0 Å². The number of nitro groups is 1. The number of nitrogens with zero attached hydrogens (tertiary/aromatic N) is 4. The molecule has 29 heavy (non-hydrogen) atoms. The smallest absolute Gasteiger partial charge is 0.292 e. The molecular weight excluding hydrogens is 390 g/mol. The summed E-state index contributed by atoms with van der Waals surface area (Å²) in [6.45, 7) is 3.75. The van der Waals surface area contributed by atoms with E-state index in [2.05, 4.69) is 15.5 Å². The summed E-state index contributed by atoms with van der Waals surface area (Å²) >= 11 is 1.25. The molecule has 0 spiro atoms. The molecule has 2 aromatic carbocycles. The Morgan fingerprint density at radius 1 is 1.17 bits per heavy atom. The molecule has 0 aliphatic carbocycles. The van der Waals surface area contributed by atoms with E-state index >= 15 is 0 Å². The van der Waals surface area contributed by atoms with Gasteiger partial charge in [0, 0.05) is 11.5 Å². The minimum Gasteiger partial charge on any atom is -0.319 e. The van der Waals surface area contributed by atoms with Crippen molar-refractivity contribution in [1.82, 2.24) is 14.6 Å². The highest BCUT2D eigenvalue weighted by Gasteiger charge is 2.22. The fourth-order valence-corrected chi connectivity index (χ4v) is 4.00. The minimum absolute atomic E-state index is 0.146. The average Bonchev–Trinajstić information content (AvgIpc) is 3.11. The Bertz CT molecular complexity index is 1250. The lowest BCUT2D eigenvalue weighted by atomic mass is 10.1. The van der Waals surface area contributed by atoms with Gasteiger partial charge in [0.15, 0.2) is 10.8 Å². The van der Waals surface area contributed by atoms with Gasteiger partial charge in [0.2, 0.25) is 5.91 Å². The molecule has 2 aromatic heterocycles. The predicted molar refractivity (Wildman–Crippen MR) is 112 cm³/mol. The van der Waals surface area contributed by atoms with Gasteiger partial charge in [-0.15, -0.1) is 10.2 Å². The van der Waals surface area contributed by atoms with Crippen LogP contribution in [0.15, 0.2) is 59.8 Å². The van der Waals surface area contributed by atoms with Gasteiger partial charge in [0.1, 0.15) is 5.69 Å². The summed E-state index contributed by atoms with van der Waals surface area (Å²) in [5, 5.41) is 23.4. The Morgan fingerprint density at radius 2 is 1.90 bits per heavy atom. The van der Waals surface area contributed by atoms with Gasteiger partial charge in [0.25, 0.3) is 5.69 Å². The molecule has 0 aliphatic rings. The van der Waals surface area contributed by atoms with E-state index in [1.165, 1.54) is 23.9 Å². The summed E-state index contributed by atoms with van der Waals surface area (Å²) in [5.41, 5.74) is 2.78. The number of aromatic nitrogens is 3. The van der Waals surface area contributed by atoms with Crippen molar-refractivity contribution in [2.24, 2.45) is 0 Å². The van der Waals surface area contributed by atoms with Gasteiger partial charge >= 0.3 is 0 Å². The predicted octanol–water partition coefficient (Wildman–Crippen LogP) is 4.22. The van der Waals surface area contributed by atoms with Crippen LogP contribution in [0.25, 0.3) is 16.6 Å². The lowest BCUT2D eigenvalue weighted by molar-refractivity contribution is -0.383. The van der Waals surface area contributed by atoms with E-state index in [1.807, 2.05) is 41.7 Å². The zero-order valence-corrected chi connectivity index (χ0v) is 16.5. The standard InChI is InChI=1S/C20H17N5O3S/c1-12-11-18-22-23-20(24(18)16-9-5-3-7-14(12)16)29-13(2)19(26)21-15-8-4-6-10-17(15)25(27)28/h3-11,13H,1-2H3,(H,21,26)/t13-/m1/s1. The Morgan fingerprint density at radius 3 is 2.69 bits per heavy atom. The molecule has 0 fully saturated rings. The van der Waals surface area contributed by atoms with Gasteiger partial charge in [-0.3, -0.25) is 19.3 Å². The molecule has 0 radical (unpaired) electrons. The number of nitro benzene ring substituents is 1. The molecule has 1 N–H and O–H groups in total. The number of carbonyl (C=O) groups excluding carboxylic acids is 1. The van der Waals surface area contributed by atoms with Crippen molar-refractivity contribution >= 4 is 45.6 Å². The third kappa shape index (κ3) is 3.52. The lowest BCUT2D eigenvalue weighted by Crippen LogP contribution is -2.23. The van der Waals surface area contributed by atoms with Gasteiger partial charge in [-0.05, 0) is 37.6 Å². The highest BCUT2D eigenvalue weighted by Crippen LogP contribution is 2.29. The second kappa shape index (κ2) is 7.51. The quantitative estimate of drug-likeness (QED) is 0.302. The number of pyridine rings is 1. The summed E-state index contributed by atoms with van der Waals surface area (Å²) in [7, 11) is 0. The second-order valence-electron chi connectivity index (χ2n) is 6.54. The minimum atomic E-state index is -0.540. The monoisotopic (exact) mass is 407 g/mol.